The van der Waals surface area contributed by atoms with Crippen molar-refractivity contribution in [2.75, 3.05) is 44.0 Å². The number of hydrogen-bond donors (Lipinski definition) is 1. The Balaban J connectivity index is 1.27. The van der Waals surface area contributed by atoms with Crippen LogP contribution in [0.25, 0.3) is 0 Å². The van der Waals surface area contributed by atoms with Crippen LogP contribution in [-0.4, -0.2) is 65.3 Å². The van der Waals surface area contributed by atoms with Gasteiger partial charge in [0.1, 0.15) is 5.82 Å². The fourth-order valence-corrected chi connectivity index (χ4v) is 5.49. The zero-order valence-electron chi connectivity index (χ0n) is 17.2. The van der Waals surface area contributed by atoms with Gasteiger partial charge in [0, 0.05) is 57.1 Å². The number of rotatable bonds is 5. The maximum absolute atomic E-state index is 4.84. The molecule has 0 amide bonds. The molecule has 0 atom stereocenters. The predicted molar refractivity (Wildman–Crippen MR) is 111 cm³/mol. The van der Waals surface area contributed by atoms with Gasteiger partial charge in [-0.1, -0.05) is 12.8 Å². The van der Waals surface area contributed by atoms with Gasteiger partial charge in [0.2, 0.25) is 5.95 Å². The van der Waals surface area contributed by atoms with Crippen molar-refractivity contribution >= 4 is 17.6 Å². The molecule has 5 rings (SSSR count). The molecule has 3 aliphatic rings. The Morgan fingerprint density at radius 3 is 2.61 bits per heavy atom. The summed E-state index contributed by atoms with van der Waals surface area (Å²) in [6, 6.07) is 4.70. The summed E-state index contributed by atoms with van der Waals surface area (Å²) >= 11 is 0. The number of nitrogens with one attached hydrogen (secondary N) is 1. The van der Waals surface area contributed by atoms with Crippen LogP contribution in [0.4, 0.5) is 17.6 Å². The lowest BCUT2D eigenvalue weighted by Crippen LogP contribution is -2.65. The summed E-state index contributed by atoms with van der Waals surface area (Å²) < 4.78 is 0. The van der Waals surface area contributed by atoms with Crippen LogP contribution in [0.15, 0.2) is 18.3 Å². The minimum Gasteiger partial charge on any atom is -0.341 e. The maximum atomic E-state index is 4.84. The van der Waals surface area contributed by atoms with Crippen molar-refractivity contribution in [1.29, 1.82) is 0 Å². The smallest absolute Gasteiger partial charge is 0.227 e. The molecule has 150 valence electrons. The minimum atomic E-state index is 0.550. The van der Waals surface area contributed by atoms with Crippen LogP contribution >= 0.6 is 0 Å². The highest BCUT2D eigenvalue weighted by Gasteiger charge is 2.52. The van der Waals surface area contributed by atoms with Crippen LogP contribution in [0, 0.1) is 5.41 Å². The number of H-pyrrole nitrogens is 1. The zero-order valence-corrected chi connectivity index (χ0v) is 17.2. The normalized spacial score (nSPS) is 22.2. The van der Waals surface area contributed by atoms with Crippen molar-refractivity contribution < 1.29 is 0 Å². The Bertz CT molecular complexity index is 827. The third kappa shape index (κ3) is 3.05. The average Bonchev–Trinajstić information content (AvgIpc) is 3.33. The van der Waals surface area contributed by atoms with Gasteiger partial charge < -0.3 is 14.7 Å². The van der Waals surface area contributed by atoms with Gasteiger partial charge in [-0.05, 0) is 44.2 Å². The number of aromatic nitrogens is 4. The first-order valence-corrected chi connectivity index (χ1v) is 10.6. The molecule has 0 unspecified atom stereocenters. The molecule has 1 saturated heterocycles. The predicted octanol–water partition coefficient (Wildman–Crippen LogP) is 3.16. The number of nitrogens with zero attached hydrogens (tertiary/aromatic N) is 6. The first-order valence-electron chi connectivity index (χ1n) is 10.6. The molecule has 2 saturated carbocycles. The minimum absolute atomic E-state index is 0.550. The molecule has 1 spiro atoms. The van der Waals surface area contributed by atoms with E-state index in [1.54, 1.807) is 0 Å². The van der Waals surface area contributed by atoms with Gasteiger partial charge in [-0.25, -0.2) is 4.98 Å². The largest absolute Gasteiger partial charge is 0.341 e. The molecule has 0 radical (unpaired) electrons. The lowest BCUT2D eigenvalue weighted by atomic mass is 9.60. The standard InChI is InChI=1S/C21H31N7/c1-26-13-21(14-26)11-16(12-21)27(2)20-22-9-8-18(23-20)28(3)19-10-17(24-25-19)15-6-4-5-7-15/h8-10,15-16H,4-7,11-14H2,1-3H3,(H,24,25). The van der Waals surface area contributed by atoms with Gasteiger partial charge in [-0.2, -0.15) is 10.1 Å². The third-order valence-electron chi connectivity index (χ3n) is 7.11. The number of likely N-dealkylation sites (tertiary alicyclic amines) is 1. The Labute approximate surface area is 167 Å². The van der Waals surface area contributed by atoms with Crippen LogP contribution < -0.4 is 9.80 Å². The van der Waals surface area contributed by atoms with Gasteiger partial charge in [-0.3, -0.25) is 5.10 Å². The van der Waals surface area contributed by atoms with E-state index in [0.29, 0.717) is 17.4 Å². The van der Waals surface area contributed by atoms with Crippen LogP contribution in [0.1, 0.15) is 50.1 Å². The quantitative estimate of drug-likeness (QED) is 0.858. The molecular weight excluding hydrogens is 350 g/mol. The van der Waals surface area contributed by atoms with Crippen molar-refractivity contribution in [3.63, 3.8) is 0 Å². The lowest BCUT2D eigenvalue weighted by molar-refractivity contribution is -0.0571. The van der Waals surface area contributed by atoms with E-state index in [2.05, 4.69) is 50.0 Å². The molecule has 28 heavy (non-hydrogen) atoms. The summed E-state index contributed by atoms with van der Waals surface area (Å²) in [4.78, 5) is 16.1. The fourth-order valence-electron chi connectivity index (χ4n) is 5.49. The highest BCUT2D eigenvalue weighted by Crippen LogP contribution is 2.49. The van der Waals surface area contributed by atoms with Gasteiger partial charge in [0.25, 0.3) is 0 Å². The summed E-state index contributed by atoms with van der Waals surface area (Å²) in [5.74, 6) is 3.26. The van der Waals surface area contributed by atoms with Crippen LogP contribution in [0.3, 0.4) is 0 Å². The number of anilines is 3. The molecule has 2 aliphatic carbocycles. The van der Waals surface area contributed by atoms with Crippen LogP contribution in [0.2, 0.25) is 0 Å². The van der Waals surface area contributed by atoms with E-state index in [4.69, 9.17) is 4.98 Å². The SMILES string of the molecule is CN1CC2(CC(N(C)c3nccc(N(C)c4cc(C5CCCC5)[nH]n4)n3)C2)C1. The third-order valence-corrected chi connectivity index (χ3v) is 7.11. The summed E-state index contributed by atoms with van der Waals surface area (Å²) in [6.07, 6.45) is 9.56. The summed E-state index contributed by atoms with van der Waals surface area (Å²) in [5.41, 5.74) is 1.82. The van der Waals surface area contributed by atoms with Gasteiger partial charge >= 0.3 is 0 Å². The Morgan fingerprint density at radius 2 is 1.89 bits per heavy atom. The topological polar surface area (TPSA) is 64.2 Å². The van der Waals surface area contributed by atoms with E-state index >= 15 is 0 Å². The summed E-state index contributed by atoms with van der Waals surface area (Å²) in [7, 11) is 6.37. The first-order chi connectivity index (χ1) is 13.5. The van der Waals surface area contributed by atoms with E-state index < -0.39 is 0 Å². The Hall–Kier alpha value is -2.15. The Kier molecular flexibility index (Phi) is 4.30. The molecule has 3 heterocycles. The molecule has 1 N–H and O–H groups in total. The van der Waals surface area contributed by atoms with Crippen molar-refractivity contribution in [3.05, 3.63) is 24.0 Å². The molecule has 7 heteroatoms. The van der Waals surface area contributed by atoms with E-state index in [9.17, 15) is 0 Å². The fraction of sp³-hybridized carbons (Fsp3) is 0.667. The zero-order chi connectivity index (χ0) is 19.3. The molecule has 0 aromatic carbocycles. The average molecular weight is 382 g/mol. The summed E-state index contributed by atoms with van der Waals surface area (Å²) in [5, 5.41) is 7.79. The van der Waals surface area contributed by atoms with E-state index in [1.807, 2.05) is 19.3 Å². The van der Waals surface area contributed by atoms with Crippen LogP contribution in [0.5, 0.6) is 0 Å². The first kappa shape index (κ1) is 17.9. The van der Waals surface area contributed by atoms with E-state index in [-0.39, 0.29) is 0 Å². The molecule has 2 aromatic rings. The molecule has 7 nitrogen and oxygen atoms in total. The molecule has 3 fully saturated rings. The maximum Gasteiger partial charge on any atom is 0.227 e. The van der Waals surface area contributed by atoms with Crippen molar-refractivity contribution in [2.45, 2.75) is 50.5 Å². The molecule has 1 aliphatic heterocycles. The highest BCUT2D eigenvalue weighted by atomic mass is 15.3. The Morgan fingerprint density at radius 1 is 1.14 bits per heavy atom. The highest BCUT2D eigenvalue weighted by molar-refractivity contribution is 5.56. The second kappa shape index (κ2) is 6.72. The van der Waals surface area contributed by atoms with Gasteiger partial charge in [0.15, 0.2) is 5.82 Å². The lowest BCUT2D eigenvalue weighted by Gasteiger charge is -2.59. The summed E-state index contributed by atoms with van der Waals surface area (Å²) in [6.45, 7) is 2.48. The molecule has 2 aromatic heterocycles. The molecule has 0 bridgehead atoms. The second-order valence-electron chi connectivity index (χ2n) is 9.28. The van der Waals surface area contributed by atoms with Gasteiger partial charge in [-0.15, -0.1) is 0 Å². The van der Waals surface area contributed by atoms with E-state index in [0.717, 1.165) is 17.6 Å². The van der Waals surface area contributed by atoms with Crippen molar-refractivity contribution in [3.8, 4) is 0 Å². The van der Waals surface area contributed by atoms with Crippen LogP contribution in [-0.2, 0) is 0 Å². The number of aromatic amines is 1. The second-order valence-corrected chi connectivity index (χ2v) is 9.28. The monoisotopic (exact) mass is 381 g/mol. The van der Waals surface area contributed by atoms with Crippen molar-refractivity contribution in [2.24, 2.45) is 5.41 Å². The van der Waals surface area contributed by atoms with E-state index in [1.165, 1.54) is 57.3 Å². The van der Waals surface area contributed by atoms with Crippen molar-refractivity contribution in [1.82, 2.24) is 25.1 Å². The van der Waals surface area contributed by atoms with Gasteiger partial charge in [0.05, 0.1) is 0 Å². The number of hydrogen-bond acceptors (Lipinski definition) is 6. The molecular formula is C21H31N7.